The summed E-state index contributed by atoms with van der Waals surface area (Å²) in [5, 5.41) is 3.56. The molecule has 18 heavy (non-hydrogen) atoms. The zero-order valence-electron chi connectivity index (χ0n) is 11.3. The lowest BCUT2D eigenvalue weighted by Crippen LogP contribution is -2.37. The van der Waals surface area contributed by atoms with Crippen LogP contribution in [-0.4, -0.2) is 31.6 Å². The van der Waals surface area contributed by atoms with Gasteiger partial charge in [-0.2, -0.15) is 0 Å². The highest BCUT2D eigenvalue weighted by atomic mass is 19.1. The lowest BCUT2D eigenvalue weighted by molar-refractivity contribution is 0.203. The number of hydrogen-bond acceptors (Lipinski definition) is 2. The van der Waals surface area contributed by atoms with Gasteiger partial charge in [0.25, 0.3) is 0 Å². The second-order valence-electron chi connectivity index (χ2n) is 5.45. The number of halogens is 1. The van der Waals surface area contributed by atoms with Gasteiger partial charge >= 0.3 is 0 Å². The Bertz CT molecular complexity index is 363. The zero-order valence-corrected chi connectivity index (χ0v) is 11.3. The van der Waals surface area contributed by atoms with Crippen molar-refractivity contribution in [2.24, 2.45) is 5.92 Å². The van der Waals surface area contributed by atoms with Gasteiger partial charge < -0.3 is 10.2 Å². The number of nitrogens with zero attached hydrogens (tertiary/aromatic N) is 1. The van der Waals surface area contributed by atoms with E-state index in [1.165, 1.54) is 38.1 Å². The number of piperidine rings is 1. The van der Waals surface area contributed by atoms with Crippen LogP contribution in [0.4, 0.5) is 4.39 Å². The van der Waals surface area contributed by atoms with Crippen LogP contribution in [0.2, 0.25) is 0 Å². The van der Waals surface area contributed by atoms with Crippen LogP contribution in [0.25, 0.3) is 0 Å². The molecule has 1 aromatic carbocycles. The van der Waals surface area contributed by atoms with Gasteiger partial charge in [0.1, 0.15) is 5.82 Å². The SMILES string of the molecule is C[C@@H](NCC1CCCN(C)C1)c1ccc(F)cc1. The standard InChI is InChI=1S/C15H23FN2/c1-12(14-5-7-15(16)8-6-14)17-10-13-4-3-9-18(2)11-13/h5-8,12-13,17H,3-4,9-11H2,1-2H3/t12-,13?/m1/s1. The monoisotopic (exact) mass is 250 g/mol. The highest BCUT2D eigenvalue weighted by Gasteiger charge is 2.17. The van der Waals surface area contributed by atoms with Crippen LogP contribution in [0.1, 0.15) is 31.4 Å². The van der Waals surface area contributed by atoms with E-state index in [2.05, 4.69) is 24.2 Å². The molecular formula is C15H23FN2. The summed E-state index contributed by atoms with van der Waals surface area (Å²) in [5.74, 6) is 0.575. The number of benzene rings is 1. The molecule has 3 heteroatoms. The van der Waals surface area contributed by atoms with Gasteiger partial charge in [0.2, 0.25) is 0 Å². The second-order valence-corrected chi connectivity index (χ2v) is 5.45. The molecule has 2 atom stereocenters. The molecule has 1 aliphatic heterocycles. The van der Waals surface area contributed by atoms with Gasteiger partial charge in [-0.05, 0) is 63.5 Å². The molecule has 0 spiro atoms. The number of rotatable bonds is 4. The molecular weight excluding hydrogens is 227 g/mol. The number of nitrogens with one attached hydrogen (secondary N) is 1. The second kappa shape index (κ2) is 6.30. The van der Waals surface area contributed by atoms with Gasteiger partial charge in [-0.3, -0.25) is 0 Å². The summed E-state index contributed by atoms with van der Waals surface area (Å²) in [7, 11) is 2.19. The first-order valence-corrected chi connectivity index (χ1v) is 6.82. The molecule has 0 aromatic heterocycles. The van der Waals surface area contributed by atoms with Crippen molar-refractivity contribution in [1.29, 1.82) is 0 Å². The largest absolute Gasteiger partial charge is 0.310 e. The topological polar surface area (TPSA) is 15.3 Å². The highest BCUT2D eigenvalue weighted by molar-refractivity contribution is 5.19. The number of likely N-dealkylation sites (tertiary alicyclic amines) is 1. The van der Waals surface area contributed by atoms with E-state index in [9.17, 15) is 4.39 Å². The fraction of sp³-hybridized carbons (Fsp3) is 0.600. The molecule has 0 saturated carbocycles. The molecule has 1 N–H and O–H groups in total. The van der Waals surface area contributed by atoms with Crippen molar-refractivity contribution < 1.29 is 4.39 Å². The predicted molar refractivity (Wildman–Crippen MR) is 73.0 cm³/mol. The van der Waals surface area contributed by atoms with E-state index < -0.39 is 0 Å². The Balaban J connectivity index is 1.80. The van der Waals surface area contributed by atoms with Crippen molar-refractivity contribution in [3.8, 4) is 0 Å². The van der Waals surface area contributed by atoms with Crippen molar-refractivity contribution in [1.82, 2.24) is 10.2 Å². The van der Waals surface area contributed by atoms with E-state index in [1.54, 1.807) is 0 Å². The van der Waals surface area contributed by atoms with Crippen LogP contribution in [-0.2, 0) is 0 Å². The van der Waals surface area contributed by atoms with E-state index in [0.717, 1.165) is 18.0 Å². The van der Waals surface area contributed by atoms with Gasteiger partial charge in [0.05, 0.1) is 0 Å². The fourth-order valence-electron chi connectivity index (χ4n) is 2.65. The van der Waals surface area contributed by atoms with Crippen molar-refractivity contribution in [2.45, 2.75) is 25.8 Å². The smallest absolute Gasteiger partial charge is 0.123 e. The van der Waals surface area contributed by atoms with Crippen LogP contribution < -0.4 is 5.32 Å². The van der Waals surface area contributed by atoms with Gasteiger partial charge in [-0.15, -0.1) is 0 Å². The fourth-order valence-corrected chi connectivity index (χ4v) is 2.65. The Hall–Kier alpha value is -0.930. The first-order valence-electron chi connectivity index (χ1n) is 6.82. The molecule has 2 rings (SSSR count). The lowest BCUT2D eigenvalue weighted by Gasteiger charge is -2.30. The third-order valence-corrected chi connectivity index (χ3v) is 3.80. The average molecular weight is 250 g/mol. The quantitative estimate of drug-likeness (QED) is 0.884. The van der Waals surface area contributed by atoms with Crippen LogP contribution in [0.5, 0.6) is 0 Å². The minimum atomic E-state index is -0.167. The third kappa shape index (κ3) is 3.79. The molecule has 1 heterocycles. The summed E-state index contributed by atoms with van der Waals surface area (Å²) in [6.45, 7) is 5.59. The summed E-state index contributed by atoms with van der Waals surface area (Å²) in [4.78, 5) is 2.40. The molecule has 1 aliphatic rings. The minimum Gasteiger partial charge on any atom is -0.310 e. The first-order chi connectivity index (χ1) is 8.65. The first kappa shape index (κ1) is 13.5. The summed E-state index contributed by atoms with van der Waals surface area (Å²) >= 11 is 0. The molecule has 1 unspecified atom stereocenters. The zero-order chi connectivity index (χ0) is 13.0. The summed E-state index contributed by atoms with van der Waals surface area (Å²) in [5.41, 5.74) is 1.15. The Morgan fingerprint density at radius 1 is 1.39 bits per heavy atom. The van der Waals surface area contributed by atoms with E-state index in [1.807, 2.05) is 12.1 Å². The van der Waals surface area contributed by atoms with Crippen molar-refractivity contribution >= 4 is 0 Å². The van der Waals surface area contributed by atoms with Gasteiger partial charge in [-0.25, -0.2) is 4.39 Å². The maximum Gasteiger partial charge on any atom is 0.123 e. The summed E-state index contributed by atoms with van der Waals surface area (Å²) < 4.78 is 12.8. The Morgan fingerprint density at radius 3 is 2.78 bits per heavy atom. The molecule has 0 amide bonds. The van der Waals surface area contributed by atoms with Crippen LogP contribution in [0.15, 0.2) is 24.3 Å². The van der Waals surface area contributed by atoms with Crippen molar-refractivity contribution in [2.75, 3.05) is 26.7 Å². The van der Waals surface area contributed by atoms with Crippen LogP contribution in [0, 0.1) is 11.7 Å². The molecule has 1 aromatic rings. The molecule has 1 fully saturated rings. The van der Waals surface area contributed by atoms with Crippen molar-refractivity contribution in [3.63, 3.8) is 0 Å². The number of hydrogen-bond donors (Lipinski definition) is 1. The Morgan fingerprint density at radius 2 is 2.11 bits per heavy atom. The maximum absolute atomic E-state index is 12.8. The Labute approximate surface area is 109 Å². The van der Waals surface area contributed by atoms with E-state index >= 15 is 0 Å². The minimum absolute atomic E-state index is 0.167. The molecule has 0 bridgehead atoms. The van der Waals surface area contributed by atoms with Gasteiger partial charge in [0, 0.05) is 12.6 Å². The maximum atomic E-state index is 12.8. The van der Waals surface area contributed by atoms with E-state index in [-0.39, 0.29) is 11.9 Å². The highest BCUT2D eigenvalue weighted by Crippen LogP contribution is 2.17. The molecule has 1 saturated heterocycles. The molecule has 100 valence electrons. The van der Waals surface area contributed by atoms with Crippen molar-refractivity contribution in [3.05, 3.63) is 35.6 Å². The van der Waals surface area contributed by atoms with E-state index in [0.29, 0.717) is 0 Å². The molecule has 0 aliphatic carbocycles. The van der Waals surface area contributed by atoms with E-state index in [4.69, 9.17) is 0 Å². The predicted octanol–water partition coefficient (Wildman–Crippen LogP) is 2.82. The summed E-state index contributed by atoms with van der Waals surface area (Å²) in [6, 6.07) is 7.07. The van der Waals surface area contributed by atoms with Crippen LogP contribution in [0.3, 0.4) is 0 Å². The molecule has 2 nitrogen and oxygen atoms in total. The van der Waals surface area contributed by atoms with Crippen LogP contribution >= 0.6 is 0 Å². The molecule has 0 radical (unpaired) electrons. The Kier molecular flexibility index (Phi) is 4.72. The van der Waals surface area contributed by atoms with Gasteiger partial charge in [0.15, 0.2) is 0 Å². The summed E-state index contributed by atoms with van der Waals surface area (Å²) in [6.07, 6.45) is 2.61. The lowest BCUT2D eigenvalue weighted by atomic mass is 9.97. The third-order valence-electron chi connectivity index (χ3n) is 3.80. The average Bonchev–Trinajstić information content (AvgIpc) is 2.37. The normalized spacial score (nSPS) is 22.9. The van der Waals surface area contributed by atoms with Gasteiger partial charge in [-0.1, -0.05) is 12.1 Å².